The van der Waals surface area contributed by atoms with Crippen molar-refractivity contribution in [3.05, 3.63) is 0 Å². The second-order valence-corrected chi connectivity index (χ2v) is 6.89. The monoisotopic (exact) mass is 324 g/mol. The van der Waals surface area contributed by atoms with Crippen molar-refractivity contribution >= 4 is 23.0 Å². The fourth-order valence-corrected chi connectivity index (χ4v) is 3.89. The smallest absolute Gasteiger partial charge is 0.439 e. The standard InChI is InChI=1S/C12H14F2O6S/c13-12(14,21(17)18)11(16)20-9-6-1-5-2-7(4-6)10(15)19-8(9)3-5/h5-9H,1-4H2,(H,17,18). The van der Waals surface area contributed by atoms with E-state index >= 15 is 0 Å². The van der Waals surface area contributed by atoms with Crippen LogP contribution in [0.3, 0.4) is 0 Å². The van der Waals surface area contributed by atoms with Crippen LogP contribution in [0.5, 0.6) is 0 Å². The van der Waals surface area contributed by atoms with Crippen LogP contribution >= 0.6 is 0 Å². The van der Waals surface area contributed by atoms with E-state index in [1.54, 1.807) is 0 Å². The number of fused-ring (bicyclic) bond motifs is 1. The number of carbonyl (C=O) groups excluding carboxylic acids is 2. The van der Waals surface area contributed by atoms with Gasteiger partial charge in [-0.2, -0.15) is 8.78 Å². The van der Waals surface area contributed by atoms with Crippen molar-refractivity contribution in [3.63, 3.8) is 0 Å². The first kappa shape index (κ1) is 14.8. The molecule has 0 amide bonds. The van der Waals surface area contributed by atoms with E-state index in [4.69, 9.17) is 14.0 Å². The highest BCUT2D eigenvalue weighted by Crippen LogP contribution is 2.48. The van der Waals surface area contributed by atoms with Crippen molar-refractivity contribution in [2.45, 2.75) is 43.1 Å². The van der Waals surface area contributed by atoms with Gasteiger partial charge in [-0.25, -0.2) is 9.00 Å². The molecule has 21 heavy (non-hydrogen) atoms. The van der Waals surface area contributed by atoms with Gasteiger partial charge in [0.05, 0.1) is 5.92 Å². The lowest BCUT2D eigenvalue weighted by atomic mass is 9.67. The van der Waals surface area contributed by atoms with Crippen LogP contribution in [0.15, 0.2) is 0 Å². The predicted molar refractivity (Wildman–Crippen MR) is 64.4 cm³/mol. The van der Waals surface area contributed by atoms with Gasteiger partial charge < -0.3 is 14.0 Å². The van der Waals surface area contributed by atoms with Crippen molar-refractivity contribution < 1.29 is 36.6 Å². The molecule has 6 unspecified atom stereocenters. The van der Waals surface area contributed by atoms with Gasteiger partial charge in [0.1, 0.15) is 12.2 Å². The topological polar surface area (TPSA) is 89.9 Å². The molecule has 9 heteroatoms. The van der Waals surface area contributed by atoms with Crippen LogP contribution in [0.1, 0.15) is 25.7 Å². The number of esters is 2. The molecule has 4 bridgehead atoms. The van der Waals surface area contributed by atoms with Crippen LogP contribution < -0.4 is 0 Å². The minimum Gasteiger partial charge on any atom is -0.458 e. The summed E-state index contributed by atoms with van der Waals surface area (Å²) >= 11 is -3.64. The SMILES string of the molecule is O=C1OC2CC3CC1CC(C3)C2OC(=O)C(F)(F)S(=O)O. The molecule has 0 aromatic carbocycles. The van der Waals surface area contributed by atoms with Gasteiger partial charge in [-0.3, -0.25) is 4.79 Å². The average Bonchev–Trinajstić information content (AvgIpc) is 2.56. The van der Waals surface area contributed by atoms with Crippen LogP contribution in [-0.4, -0.2) is 38.2 Å². The van der Waals surface area contributed by atoms with Gasteiger partial charge in [0.15, 0.2) is 0 Å². The Hall–Kier alpha value is -1.09. The Labute approximate surface area is 121 Å². The Morgan fingerprint density at radius 2 is 2.05 bits per heavy atom. The van der Waals surface area contributed by atoms with E-state index in [0.29, 0.717) is 19.3 Å². The van der Waals surface area contributed by atoms with E-state index in [2.05, 4.69) is 0 Å². The zero-order valence-electron chi connectivity index (χ0n) is 10.9. The normalized spacial score (nSPS) is 39.6. The summed E-state index contributed by atoms with van der Waals surface area (Å²) in [5.74, 6) is -2.63. The average molecular weight is 324 g/mol. The lowest BCUT2D eigenvalue weighted by Gasteiger charge is -2.41. The Balaban J connectivity index is 1.79. The number of rotatable bonds is 3. The van der Waals surface area contributed by atoms with Crippen LogP contribution in [-0.2, 0) is 30.1 Å². The Bertz CT molecular complexity index is 510. The van der Waals surface area contributed by atoms with Crippen molar-refractivity contribution in [3.8, 4) is 0 Å². The number of carbonyl (C=O) groups is 2. The summed E-state index contributed by atoms with van der Waals surface area (Å²) in [5.41, 5.74) is 0. The Kier molecular flexibility index (Phi) is 3.52. The van der Waals surface area contributed by atoms with Crippen LogP contribution in [0.4, 0.5) is 8.78 Å². The van der Waals surface area contributed by atoms with Gasteiger partial charge in [0, 0.05) is 5.92 Å². The van der Waals surface area contributed by atoms with Gasteiger partial charge in [-0.15, -0.1) is 0 Å². The lowest BCUT2D eigenvalue weighted by Crippen LogP contribution is -2.48. The van der Waals surface area contributed by atoms with Gasteiger partial charge in [-0.05, 0) is 31.6 Å². The summed E-state index contributed by atoms with van der Waals surface area (Å²) in [6.07, 6.45) is 0.638. The zero-order chi connectivity index (χ0) is 15.4. The second-order valence-electron chi connectivity index (χ2n) is 5.88. The van der Waals surface area contributed by atoms with E-state index in [0.717, 1.165) is 6.42 Å². The van der Waals surface area contributed by atoms with Crippen LogP contribution in [0.25, 0.3) is 0 Å². The first-order valence-corrected chi connectivity index (χ1v) is 7.80. The molecule has 6 nitrogen and oxygen atoms in total. The molecule has 2 heterocycles. The van der Waals surface area contributed by atoms with E-state index in [1.807, 2.05) is 0 Å². The number of alkyl halides is 2. The number of ether oxygens (including phenoxy) is 2. The second kappa shape index (κ2) is 4.98. The maximum Gasteiger partial charge on any atom is 0.439 e. The highest BCUT2D eigenvalue weighted by atomic mass is 32.2. The molecular weight excluding hydrogens is 310 g/mol. The molecular formula is C12H14F2O6S. The van der Waals surface area contributed by atoms with Crippen molar-refractivity contribution in [1.82, 2.24) is 0 Å². The zero-order valence-corrected chi connectivity index (χ0v) is 11.7. The Morgan fingerprint density at radius 3 is 2.71 bits per heavy atom. The first-order chi connectivity index (χ1) is 9.79. The maximum absolute atomic E-state index is 13.2. The summed E-state index contributed by atoms with van der Waals surface area (Å²) in [6, 6.07) is 0. The molecule has 4 aliphatic rings. The van der Waals surface area contributed by atoms with Gasteiger partial charge >= 0.3 is 17.2 Å². The van der Waals surface area contributed by atoms with Gasteiger partial charge in [0.2, 0.25) is 11.1 Å². The molecule has 118 valence electrons. The van der Waals surface area contributed by atoms with Gasteiger partial charge in [-0.1, -0.05) is 0 Å². The van der Waals surface area contributed by atoms with E-state index < -0.39 is 34.5 Å². The number of halogens is 2. The molecule has 2 aliphatic heterocycles. The highest BCUT2D eigenvalue weighted by molar-refractivity contribution is 7.81. The molecule has 4 fully saturated rings. The highest BCUT2D eigenvalue weighted by Gasteiger charge is 2.55. The largest absolute Gasteiger partial charge is 0.458 e. The minimum atomic E-state index is -4.48. The molecule has 4 rings (SSSR count). The first-order valence-electron chi connectivity index (χ1n) is 6.69. The fraction of sp³-hybridized carbons (Fsp3) is 0.833. The van der Waals surface area contributed by atoms with Crippen molar-refractivity contribution in [2.75, 3.05) is 0 Å². The van der Waals surface area contributed by atoms with Gasteiger partial charge in [0.25, 0.3) is 0 Å². The molecule has 1 N–H and O–H groups in total. The molecule has 0 radical (unpaired) electrons. The number of hydrogen-bond donors (Lipinski definition) is 1. The third kappa shape index (κ3) is 2.46. The third-order valence-electron chi connectivity index (χ3n) is 4.54. The molecule has 6 atom stereocenters. The Morgan fingerprint density at radius 1 is 1.33 bits per heavy atom. The summed E-state index contributed by atoms with van der Waals surface area (Å²) in [4.78, 5) is 23.2. The predicted octanol–water partition coefficient (Wildman–Crippen LogP) is 1.07. The number of hydrogen-bond acceptors (Lipinski definition) is 5. The fourth-order valence-electron chi connectivity index (χ4n) is 3.70. The molecule has 0 spiro atoms. The van der Waals surface area contributed by atoms with E-state index in [9.17, 15) is 22.6 Å². The minimum absolute atomic E-state index is 0.217. The van der Waals surface area contributed by atoms with E-state index in [-0.39, 0.29) is 23.7 Å². The molecule has 2 saturated heterocycles. The maximum atomic E-state index is 13.2. The summed E-state index contributed by atoms with van der Waals surface area (Å²) in [7, 11) is 0. The quantitative estimate of drug-likeness (QED) is 0.617. The van der Waals surface area contributed by atoms with Crippen LogP contribution in [0.2, 0.25) is 0 Å². The van der Waals surface area contributed by atoms with Crippen LogP contribution in [0, 0.1) is 17.8 Å². The summed E-state index contributed by atoms with van der Waals surface area (Å²) in [5, 5.41) is -4.48. The molecule has 0 aromatic rings. The van der Waals surface area contributed by atoms with Crippen molar-refractivity contribution in [1.29, 1.82) is 0 Å². The molecule has 0 aromatic heterocycles. The van der Waals surface area contributed by atoms with Crippen molar-refractivity contribution in [2.24, 2.45) is 17.8 Å². The summed E-state index contributed by atoms with van der Waals surface area (Å²) in [6.45, 7) is 0. The lowest BCUT2D eigenvalue weighted by molar-refractivity contribution is -0.185. The third-order valence-corrected chi connectivity index (χ3v) is 5.14. The molecule has 2 saturated carbocycles. The molecule has 2 aliphatic carbocycles. The van der Waals surface area contributed by atoms with E-state index in [1.165, 1.54) is 0 Å². The summed E-state index contributed by atoms with van der Waals surface area (Å²) < 4.78 is 55.4.